The van der Waals surface area contributed by atoms with Crippen molar-refractivity contribution in [3.05, 3.63) is 29.3 Å². The summed E-state index contributed by atoms with van der Waals surface area (Å²) in [6, 6.07) is 7.38. The quantitative estimate of drug-likeness (QED) is 0.691. The van der Waals surface area contributed by atoms with Crippen molar-refractivity contribution in [3.63, 3.8) is 0 Å². The largest absolute Gasteiger partial charge is 0.372 e. The normalized spacial score (nSPS) is 12.4. The van der Waals surface area contributed by atoms with Crippen molar-refractivity contribution < 1.29 is 0 Å². The molecule has 114 valence electrons. The summed E-state index contributed by atoms with van der Waals surface area (Å²) in [4.78, 5) is 2.43. The predicted molar refractivity (Wildman–Crippen MR) is 94.0 cm³/mol. The summed E-state index contributed by atoms with van der Waals surface area (Å²) in [6.45, 7) is 8.74. The van der Waals surface area contributed by atoms with Crippen molar-refractivity contribution in [2.75, 3.05) is 30.5 Å². The Labute approximate surface area is 129 Å². The van der Waals surface area contributed by atoms with E-state index in [1.54, 1.807) is 0 Å². The van der Waals surface area contributed by atoms with Gasteiger partial charge in [0, 0.05) is 25.3 Å². The highest BCUT2D eigenvalue weighted by atomic mass is 32.2. The Morgan fingerprint density at radius 2 is 2.10 bits per heavy atom. The molecule has 2 nitrogen and oxygen atoms in total. The van der Waals surface area contributed by atoms with Crippen molar-refractivity contribution >= 4 is 17.4 Å². The number of nitrogens with one attached hydrogen (secondary N) is 1. The molecule has 0 heterocycles. The van der Waals surface area contributed by atoms with Crippen LogP contribution in [0.15, 0.2) is 18.2 Å². The summed E-state index contributed by atoms with van der Waals surface area (Å²) < 4.78 is 0. The highest BCUT2D eigenvalue weighted by Crippen LogP contribution is 2.24. The summed E-state index contributed by atoms with van der Waals surface area (Å²) in [7, 11) is 2.22. The van der Waals surface area contributed by atoms with Gasteiger partial charge in [-0.15, -0.1) is 0 Å². The molecule has 0 radical (unpaired) electrons. The lowest BCUT2D eigenvalue weighted by Gasteiger charge is -2.29. The zero-order valence-corrected chi connectivity index (χ0v) is 14.5. The van der Waals surface area contributed by atoms with Crippen LogP contribution in [0.2, 0.25) is 0 Å². The lowest BCUT2D eigenvalue weighted by molar-refractivity contribution is 0.650. The maximum Gasteiger partial charge on any atom is 0.0411 e. The number of aryl methyl sites for hydroxylation is 1. The molecule has 0 aliphatic carbocycles. The lowest BCUT2D eigenvalue weighted by Crippen LogP contribution is -2.31. The third-order valence-electron chi connectivity index (χ3n) is 3.76. The smallest absolute Gasteiger partial charge is 0.0411 e. The molecular formula is C17H30N2S. The molecule has 1 atom stereocenters. The molecule has 0 fully saturated rings. The number of rotatable bonds is 9. The van der Waals surface area contributed by atoms with Gasteiger partial charge in [0.1, 0.15) is 0 Å². The van der Waals surface area contributed by atoms with E-state index in [9.17, 15) is 0 Å². The van der Waals surface area contributed by atoms with E-state index in [4.69, 9.17) is 0 Å². The minimum atomic E-state index is 0.579. The third kappa shape index (κ3) is 5.37. The van der Waals surface area contributed by atoms with E-state index in [1.807, 2.05) is 11.8 Å². The fourth-order valence-corrected chi connectivity index (χ4v) is 2.90. The first-order chi connectivity index (χ1) is 9.60. The van der Waals surface area contributed by atoms with Crippen LogP contribution < -0.4 is 10.2 Å². The lowest BCUT2D eigenvalue weighted by atomic mass is 10.1. The van der Waals surface area contributed by atoms with Gasteiger partial charge < -0.3 is 10.2 Å². The molecule has 1 rings (SSSR count). The molecule has 0 spiro atoms. The number of anilines is 1. The van der Waals surface area contributed by atoms with E-state index in [2.05, 4.69) is 62.5 Å². The summed E-state index contributed by atoms with van der Waals surface area (Å²) in [5, 5.41) is 3.53. The van der Waals surface area contributed by atoms with Gasteiger partial charge in [-0.3, -0.25) is 0 Å². The molecule has 1 aromatic rings. The van der Waals surface area contributed by atoms with Crippen molar-refractivity contribution in [2.24, 2.45) is 0 Å². The standard InChI is InChI=1S/C17H30N2S/c1-6-10-18-13-16-12-14(2)7-8-17(16)19(4)15(3)9-11-20-5/h7-8,12,15,18H,6,9-11,13H2,1-5H3. The van der Waals surface area contributed by atoms with Crippen LogP contribution in [0, 0.1) is 6.92 Å². The fraction of sp³-hybridized carbons (Fsp3) is 0.647. The first-order valence-electron chi connectivity index (χ1n) is 7.62. The maximum absolute atomic E-state index is 3.53. The Balaban J connectivity index is 2.80. The second-order valence-corrected chi connectivity index (χ2v) is 6.54. The average Bonchev–Trinajstić information content (AvgIpc) is 2.44. The Kier molecular flexibility index (Phi) is 8.08. The number of nitrogens with zero attached hydrogens (tertiary/aromatic N) is 1. The summed E-state index contributed by atoms with van der Waals surface area (Å²) >= 11 is 1.93. The van der Waals surface area contributed by atoms with Crippen LogP contribution in [0.25, 0.3) is 0 Å². The van der Waals surface area contributed by atoms with Gasteiger partial charge in [0.25, 0.3) is 0 Å². The summed E-state index contributed by atoms with van der Waals surface area (Å²) in [6.07, 6.45) is 4.59. The van der Waals surface area contributed by atoms with Crippen molar-refractivity contribution in [3.8, 4) is 0 Å². The maximum atomic E-state index is 3.53. The molecule has 0 aliphatic rings. The van der Waals surface area contributed by atoms with Gasteiger partial charge in [0.15, 0.2) is 0 Å². The Hall–Kier alpha value is -0.670. The van der Waals surface area contributed by atoms with Gasteiger partial charge in [-0.05, 0) is 56.9 Å². The average molecular weight is 295 g/mol. The number of thioether (sulfide) groups is 1. The highest BCUT2D eigenvalue weighted by Gasteiger charge is 2.13. The second-order valence-electron chi connectivity index (χ2n) is 5.55. The SMILES string of the molecule is CCCNCc1cc(C)ccc1N(C)C(C)CCSC. The topological polar surface area (TPSA) is 15.3 Å². The minimum Gasteiger partial charge on any atom is -0.372 e. The van der Waals surface area contributed by atoms with Gasteiger partial charge in [-0.25, -0.2) is 0 Å². The number of hydrogen-bond acceptors (Lipinski definition) is 3. The first kappa shape index (κ1) is 17.4. The zero-order valence-electron chi connectivity index (χ0n) is 13.7. The second kappa shape index (κ2) is 9.30. The van der Waals surface area contributed by atoms with Crippen LogP contribution in [0.1, 0.15) is 37.8 Å². The van der Waals surface area contributed by atoms with Gasteiger partial charge in [0.05, 0.1) is 0 Å². The summed E-state index contributed by atoms with van der Waals surface area (Å²) in [5.74, 6) is 1.22. The molecule has 0 aliphatic heterocycles. The molecule has 3 heteroatoms. The van der Waals surface area contributed by atoms with Crippen LogP contribution in [0.3, 0.4) is 0 Å². The number of hydrogen-bond donors (Lipinski definition) is 1. The summed E-state index contributed by atoms with van der Waals surface area (Å²) in [5.41, 5.74) is 4.12. The number of benzene rings is 1. The first-order valence-corrected chi connectivity index (χ1v) is 9.01. The molecule has 20 heavy (non-hydrogen) atoms. The van der Waals surface area contributed by atoms with Crippen molar-refractivity contribution in [1.29, 1.82) is 0 Å². The molecule has 0 amide bonds. The van der Waals surface area contributed by atoms with E-state index < -0.39 is 0 Å². The van der Waals surface area contributed by atoms with Gasteiger partial charge in [-0.1, -0.05) is 24.6 Å². The molecule has 0 aromatic heterocycles. The molecule has 1 aromatic carbocycles. The van der Waals surface area contributed by atoms with Crippen LogP contribution >= 0.6 is 11.8 Å². The molecule has 1 N–H and O–H groups in total. The van der Waals surface area contributed by atoms with Gasteiger partial charge >= 0.3 is 0 Å². The Morgan fingerprint density at radius 1 is 1.35 bits per heavy atom. The van der Waals surface area contributed by atoms with Crippen LogP contribution in [-0.4, -0.2) is 31.6 Å². The van der Waals surface area contributed by atoms with Crippen LogP contribution in [0.5, 0.6) is 0 Å². The predicted octanol–water partition coefficient (Wildman–Crippen LogP) is 4.07. The van der Waals surface area contributed by atoms with E-state index in [0.717, 1.165) is 13.1 Å². The molecule has 0 saturated carbocycles. The van der Waals surface area contributed by atoms with Crippen molar-refractivity contribution in [2.45, 2.75) is 46.2 Å². The van der Waals surface area contributed by atoms with Crippen molar-refractivity contribution in [1.82, 2.24) is 5.32 Å². The minimum absolute atomic E-state index is 0.579. The van der Waals surface area contributed by atoms with E-state index in [1.165, 1.54) is 35.4 Å². The Bertz CT molecular complexity index is 393. The zero-order chi connectivity index (χ0) is 15.0. The van der Waals surface area contributed by atoms with E-state index in [0.29, 0.717) is 6.04 Å². The Morgan fingerprint density at radius 3 is 2.75 bits per heavy atom. The van der Waals surface area contributed by atoms with Gasteiger partial charge in [0.2, 0.25) is 0 Å². The van der Waals surface area contributed by atoms with Crippen LogP contribution in [-0.2, 0) is 6.54 Å². The third-order valence-corrected chi connectivity index (χ3v) is 4.40. The fourth-order valence-electron chi connectivity index (χ4n) is 2.32. The van der Waals surface area contributed by atoms with Gasteiger partial charge in [-0.2, -0.15) is 11.8 Å². The van der Waals surface area contributed by atoms with E-state index in [-0.39, 0.29) is 0 Å². The molecular weight excluding hydrogens is 264 g/mol. The molecule has 0 bridgehead atoms. The molecule has 0 saturated heterocycles. The highest BCUT2D eigenvalue weighted by molar-refractivity contribution is 7.98. The monoisotopic (exact) mass is 294 g/mol. The van der Waals surface area contributed by atoms with E-state index >= 15 is 0 Å². The van der Waals surface area contributed by atoms with Crippen LogP contribution in [0.4, 0.5) is 5.69 Å². The molecule has 1 unspecified atom stereocenters.